The number of aryl methyl sites for hydroxylation is 1. The standard InChI is InChI=1S/C22H24N4O2S2/c1-14-6-3-7-17(15(14)2)25-22(28)26-10-4-8-18(26)20(27)23-12-16-13-30-21(24-16)19-9-5-11-29-19/h3,5-7,9,11,13,18H,4,8,10,12H2,1-2H3,(H,23,27)(H,25,28)/t18-/m1/s1. The van der Waals surface area contributed by atoms with Gasteiger partial charge in [0.1, 0.15) is 11.0 Å². The summed E-state index contributed by atoms with van der Waals surface area (Å²) >= 11 is 3.22. The van der Waals surface area contributed by atoms with Crippen molar-refractivity contribution in [1.82, 2.24) is 15.2 Å². The molecule has 6 nitrogen and oxygen atoms in total. The molecule has 0 radical (unpaired) electrons. The summed E-state index contributed by atoms with van der Waals surface area (Å²) in [5, 5.41) is 10.9. The fourth-order valence-corrected chi connectivity index (χ4v) is 5.19. The highest BCUT2D eigenvalue weighted by Gasteiger charge is 2.34. The molecule has 0 unspecified atom stereocenters. The molecule has 2 N–H and O–H groups in total. The Labute approximate surface area is 184 Å². The smallest absolute Gasteiger partial charge is 0.322 e. The number of amides is 3. The highest BCUT2D eigenvalue weighted by molar-refractivity contribution is 7.20. The van der Waals surface area contributed by atoms with Crippen LogP contribution in [0, 0.1) is 13.8 Å². The van der Waals surface area contributed by atoms with E-state index in [1.54, 1.807) is 27.6 Å². The van der Waals surface area contributed by atoms with Crippen LogP contribution in [0.25, 0.3) is 9.88 Å². The maximum Gasteiger partial charge on any atom is 0.322 e. The molecule has 3 amide bonds. The molecular formula is C22H24N4O2S2. The minimum atomic E-state index is -0.453. The number of nitrogens with one attached hydrogen (secondary N) is 2. The largest absolute Gasteiger partial charge is 0.349 e. The predicted molar refractivity (Wildman–Crippen MR) is 122 cm³/mol. The van der Waals surface area contributed by atoms with Crippen LogP contribution in [-0.4, -0.2) is 34.4 Å². The summed E-state index contributed by atoms with van der Waals surface area (Å²) in [7, 11) is 0. The number of thiazole rings is 1. The van der Waals surface area contributed by atoms with Crippen LogP contribution in [0.3, 0.4) is 0 Å². The Hall–Kier alpha value is -2.71. The summed E-state index contributed by atoms with van der Waals surface area (Å²) < 4.78 is 0. The Bertz CT molecular complexity index is 1050. The number of aromatic nitrogens is 1. The van der Waals surface area contributed by atoms with Gasteiger partial charge in [-0.3, -0.25) is 4.79 Å². The summed E-state index contributed by atoms with van der Waals surface area (Å²) in [6.07, 6.45) is 1.49. The van der Waals surface area contributed by atoms with E-state index in [2.05, 4.69) is 15.6 Å². The molecule has 0 aliphatic carbocycles. The molecule has 3 aromatic rings. The molecule has 30 heavy (non-hydrogen) atoms. The number of carbonyl (C=O) groups excluding carboxylic acids is 2. The number of anilines is 1. The summed E-state index contributed by atoms with van der Waals surface area (Å²) in [4.78, 5) is 33.0. The second-order valence-electron chi connectivity index (χ2n) is 7.37. The molecule has 1 aromatic carbocycles. The molecule has 4 rings (SSSR count). The number of hydrogen-bond acceptors (Lipinski definition) is 5. The molecule has 1 aliphatic heterocycles. The van der Waals surface area contributed by atoms with E-state index in [-0.39, 0.29) is 11.9 Å². The highest BCUT2D eigenvalue weighted by atomic mass is 32.1. The predicted octanol–water partition coefficient (Wildman–Crippen LogP) is 4.80. The Morgan fingerprint density at radius 2 is 2.07 bits per heavy atom. The Balaban J connectivity index is 1.36. The number of nitrogens with zero attached hydrogens (tertiary/aromatic N) is 2. The van der Waals surface area contributed by atoms with Gasteiger partial charge >= 0.3 is 6.03 Å². The zero-order valence-corrected chi connectivity index (χ0v) is 18.6. The zero-order chi connectivity index (χ0) is 21.1. The first-order valence-electron chi connectivity index (χ1n) is 9.93. The summed E-state index contributed by atoms with van der Waals surface area (Å²) in [5.74, 6) is -0.130. The van der Waals surface area contributed by atoms with Gasteiger partial charge in [0.05, 0.1) is 17.1 Å². The lowest BCUT2D eigenvalue weighted by molar-refractivity contribution is -0.124. The van der Waals surface area contributed by atoms with E-state index < -0.39 is 6.04 Å². The van der Waals surface area contributed by atoms with E-state index >= 15 is 0 Å². The fourth-order valence-electron chi connectivity index (χ4n) is 3.55. The summed E-state index contributed by atoms with van der Waals surface area (Å²) in [5.41, 5.74) is 3.78. The lowest BCUT2D eigenvalue weighted by atomic mass is 10.1. The molecule has 0 spiro atoms. The molecule has 1 aliphatic rings. The topological polar surface area (TPSA) is 74.3 Å². The van der Waals surface area contributed by atoms with E-state index in [9.17, 15) is 9.59 Å². The number of benzene rings is 1. The molecule has 8 heteroatoms. The minimum Gasteiger partial charge on any atom is -0.349 e. The molecule has 1 saturated heterocycles. The molecular weight excluding hydrogens is 416 g/mol. The fraction of sp³-hybridized carbons (Fsp3) is 0.318. The lowest BCUT2D eigenvalue weighted by Crippen LogP contribution is -2.47. The van der Waals surface area contributed by atoms with Crippen LogP contribution in [0.2, 0.25) is 0 Å². The molecule has 156 valence electrons. The number of hydrogen-bond donors (Lipinski definition) is 2. The third kappa shape index (κ3) is 4.39. The first kappa shape index (κ1) is 20.6. The number of likely N-dealkylation sites (tertiary alicyclic amines) is 1. The van der Waals surface area contributed by atoms with Crippen LogP contribution >= 0.6 is 22.7 Å². The van der Waals surface area contributed by atoms with Crippen molar-refractivity contribution < 1.29 is 9.59 Å². The van der Waals surface area contributed by atoms with Gasteiger partial charge in [-0.1, -0.05) is 18.2 Å². The Kier molecular flexibility index (Phi) is 6.15. The van der Waals surface area contributed by atoms with Crippen molar-refractivity contribution in [3.05, 3.63) is 57.9 Å². The van der Waals surface area contributed by atoms with Crippen LogP contribution in [0.5, 0.6) is 0 Å². The van der Waals surface area contributed by atoms with Crippen molar-refractivity contribution in [2.45, 2.75) is 39.3 Å². The van der Waals surface area contributed by atoms with Gasteiger partial charge < -0.3 is 15.5 Å². The van der Waals surface area contributed by atoms with Crippen molar-refractivity contribution >= 4 is 40.3 Å². The van der Waals surface area contributed by atoms with Crippen LogP contribution < -0.4 is 10.6 Å². The van der Waals surface area contributed by atoms with Crippen molar-refractivity contribution in [2.75, 3.05) is 11.9 Å². The van der Waals surface area contributed by atoms with Crippen LogP contribution in [0.4, 0.5) is 10.5 Å². The molecule has 0 bridgehead atoms. The van der Waals surface area contributed by atoms with Gasteiger partial charge in [-0.05, 0) is 55.3 Å². The average Bonchev–Trinajstić information content (AvgIpc) is 3.50. The van der Waals surface area contributed by atoms with Crippen molar-refractivity contribution in [3.8, 4) is 9.88 Å². The van der Waals surface area contributed by atoms with Gasteiger partial charge in [-0.2, -0.15) is 0 Å². The van der Waals surface area contributed by atoms with Gasteiger partial charge in [0.15, 0.2) is 0 Å². The first-order valence-corrected chi connectivity index (χ1v) is 11.7. The normalized spacial score (nSPS) is 15.9. The number of carbonyl (C=O) groups is 2. The first-order chi connectivity index (χ1) is 14.5. The number of thiophene rings is 1. The monoisotopic (exact) mass is 440 g/mol. The van der Waals surface area contributed by atoms with E-state index in [1.807, 2.05) is 54.9 Å². The lowest BCUT2D eigenvalue weighted by Gasteiger charge is -2.24. The van der Waals surface area contributed by atoms with Gasteiger partial charge in [-0.15, -0.1) is 22.7 Å². The maximum atomic E-state index is 12.8. The highest BCUT2D eigenvalue weighted by Crippen LogP contribution is 2.28. The minimum absolute atomic E-state index is 0.130. The third-order valence-electron chi connectivity index (χ3n) is 5.39. The van der Waals surface area contributed by atoms with Gasteiger partial charge in [0.25, 0.3) is 0 Å². The second-order valence-corrected chi connectivity index (χ2v) is 9.17. The van der Waals surface area contributed by atoms with Crippen LogP contribution in [0.1, 0.15) is 29.7 Å². The van der Waals surface area contributed by atoms with Crippen molar-refractivity contribution in [1.29, 1.82) is 0 Å². The second kappa shape index (κ2) is 8.97. The van der Waals surface area contributed by atoms with Gasteiger partial charge in [0.2, 0.25) is 5.91 Å². The third-order valence-corrected chi connectivity index (χ3v) is 7.32. The zero-order valence-electron chi connectivity index (χ0n) is 17.0. The van der Waals surface area contributed by atoms with Crippen LogP contribution in [-0.2, 0) is 11.3 Å². The van der Waals surface area contributed by atoms with E-state index in [0.717, 1.165) is 38.8 Å². The Morgan fingerprint density at radius 1 is 1.20 bits per heavy atom. The van der Waals surface area contributed by atoms with Crippen molar-refractivity contribution in [2.24, 2.45) is 0 Å². The number of rotatable bonds is 5. The SMILES string of the molecule is Cc1cccc(NC(=O)N2CCC[C@@H]2C(=O)NCc2csc(-c3cccs3)n2)c1C. The van der Waals surface area contributed by atoms with E-state index in [0.29, 0.717) is 19.5 Å². The van der Waals surface area contributed by atoms with Crippen LogP contribution in [0.15, 0.2) is 41.1 Å². The molecule has 2 aromatic heterocycles. The average molecular weight is 441 g/mol. The van der Waals surface area contributed by atoms with Gasteiger partial charge in [-0.25, -0.2) is 9.78 Å². The van der Waals surface area contributed by atoms with E-state index in [1.165, 1.54) is 0 Å². The van der Waals surface area contributed by atoms with E-state index in [4.69, 9.17) is 0 Å². The molecule has 0 saturated carbocycles. The number of urea groups is 1. The summed E-state index contributed by atoms with van der Waals surface area (Å²) in [6.45, 7) is 4.94. The Morgan fingerprint density at radius 3 is 2.87 bits per heavy atom. The maximum absolute atomic E-state index is 12.8. The molecule has 1 fully saturated rings. The molecule has 1 atom stereocenters. The van der Waals surface area contributed by atoms with Crippen molar-refractivity contribution in [3.63, 3.8) is 0 Å². The van der Waals surface area contributed by atoms with Gasteiger partial charge in [0, 0.05) is 17.6 Å². The quantitative estimate of drug-likeness (QED) is 0.598. The summed E-state index contributed by atoms with van der Waals surface area (Å²) in [6, 6.07) is 9.18. The molecule has 3 heterocycles.